The number of aryl methyl sites for hydroxylation is 1. The zero-order chi connectivity index (χ0) is 19.1. The van der Waals surface area contributed by atoms with Gasteiger partial charge in [-0.15, -0.1) is 0 Å². The summed E-state index contributed by atoms with van der Waals surface area (Å²) in [6, 6.07) is 8.05. The van der Waals surface area contributed by atoms with E-state index in [-0.39, 0.29) is 23.2 Å². The van der Waals surface area contributed by atoms with Crippen molar-refractivity contribution in [1.82, 2.24) is 14.1 Å². The maximum absolute atomic E-state index is 12.9. The topological polar surface area (TPSA) is 58.4 Å². The lowest BCUT2D eigenvalue weighted by Crippen LogP contribution is -2.53. The Kier molecular flexibility index (Phi) is 5.03. The molecule has 0 radical (unpaired) electrons. The number of anilines is 1. The summed E-state index contributed by atoms with van der Waals surface area (Å²) in [7, 11) is -3.86. The van der Waals surface area contributed by atoms with E-state index >= 15 is 0 Å². The van der Waals surface area contributed by atoms with E-state index in [2.05, 4.69) is 10.00 Å². The largest absolute Gasteiger partial charge is 0.366 e. The van der Waals surface area contributed by atoms with Crippen LogP contribution in [0.15, 0.2) is 35.4 Å². The molecular formula is C17H22F2N4O2S. The summed E-state index contributed by atoms with van der Waals surface area (Å²) >= 11 is 0. The molecule has 9 heteroatoms. The highest BCUT2D eigenvalue weighted by molar-refractivity contribution is 7.89. The molecule has 0 unspecified atom stereocenters. The van der Waals surface area contributed by atoms with Crippen molar-refractivity contribution in [2.45, 2.75) is 38.3 Å². The van der Waals surface area contributed by atoms with Gasteiger partial charge >= 0.3 is 6.55 Å². The van der Waals surface area contributed by atoms with E-state index in [1.165, 1.54) is 11.2 Å². The number of piperazine rings is 1. The van der Waals surface area contributed by atoms with Crippen LogP contribution in [0.2, 0.25) is 0 Å². The molecular weight excluding hydrogens is 362 g/mol. The summed E-state index contributed by atoms with van der Waals surface area (Å²) in [5, 5.41) is 3.52. The van der Waals surface area contributed by atoms with E-state index < -0.39 is 16.6 Å². The number of rotatable bonds is 4. The van der Waals surface area contributed by atoms with Gasteiger partial charge in [-0.3, -0.25) is 0 Å². The molecule has 142 valence electrons. The zero-order valence-electron chi connectivity index (χ0n) is 14.9. The Balaban J connectivity index is 1.80. The molecule has 3 rings (SSSR count). The number of nitrogens with zero attached hydrogens (tertiary/aromatic N) is 4. The van der Waals surface area contributed by atoms with Crippen LogP contribution in [-0.2, 0) is 10.0 Å². The Morgan fingerprint density at radius 3 is 2.35 bits per heavy atom. The molecule has 1 aliphatic heterocycles. The van der Waals surface area contributed by atoms with E-state index in [0.717, 1.165) is 17.4 Å². The predicted molar refractivity (Wildman–Crippen MR) is 95.0 cm³/mol. The average Bonchev–Trinajstić information content (AvgIpc) is 2.98. The van der Waals surface area contributed by atoms with Crippen molar-refractivity contribution in [3.8, 4) is 0 Å². The molecule has 0 N–H and O–H groups in total. The van der Waals surface area contributed by atoms with Crippen LogP contribution in [0.1, 0.15) is 24.7 Å². The highest BCUT2D eigenvalue weighted by Gasteiger charge is 2.35. The van der Waals surface area contributed by atoms with E-state index in [9.17, 15) is 17.2 Å². The number of hydrogen-bond acceptors (Lipinski definition) is 4. The van der Waals surface area contributed by atoms with E-state index in [1.54, 1.807) is 0 Å². The Labute approximate surface area is 152 Å². The number of halogens is 2. The van der Waals surface area contributed by atoms with Crippen molar-refractivity contribution in [3.63, 3.8) is 0 Å². The first-order valence-electron chi connectivity index (χ1n) is 8.37. The van der Waals surface area contributed by atoms with Gasteiger partial charge in [-0.05, 0) is 32.9 Å². The van der Waals surface area contributed by atoms with Crippen LogP contribution in [-0.4, -0.2) is 48.2 Å². The molecule has 1 aromatic carbocycles. The normalized spacial score (nSPS) is 19.3. The van der Waals surface area contributed by atoms with Crippen molar-refractivity contribution < 1.29 is 17.2 Å². The molecule has 1 aromatic heterocycles. The third-order valence-corrected chi connectivity index (χ3v) is 6.73. The van der Waals surface area contributed by atoms with Crippen molar-refractivity contribution in [2.75, 3.05) is 24.5 Å². The highest BCUT2D eigenvalue weighted by atomic mass is 32.2. The lowest BCUT2D eigenvalue weighted by Gasteiger charge is -2.40. The molecule has 0 bridgehead atoms. The van der Waals surface area contributed by atoms with Crippen LogP contribution in [0.25, 0.3) is 0 Å². The number of benzene rings is 1. The molecule has 2 heterocycles. The zero-order valence-corrected chi connectivity index (χ0v) is 15.7. The second-order valence-corrected chi connectivity index (χ2v) is 8.46. The van der Waals surface area contributed by atoms with E-state index in [4.69, 9.17) is 0 Å². The monoisotopic (exact) mass is 384 g/mol. The Bertz CT molecular complexity index is 881. The number of aromatic nitrogens is 2. The van der Waals surface area contributed by atoms with E-state index in [0.29, 0.717) is 17.8 Å². The van der Waals surface area contributed by atoms with Gasteiger partial charge in [-0.1, -0.05) is 17.7 Å². The summed E-state index contributed by atoms with van der Waals surface area (Å²) in [5.41, 5.74) is 2.16. The summed E-state index contributed by atoms with van der Waals surface area (Å²) < 4.78 is 53.3. The van der Waals surface area contributed by atoms with Gasteiger partial charge in [-0.2, -0.15) is 18.2 Å². The molecule has 1 aliphatic rings. The number of hydrogen-bond donors (Lipinski definition) is 0. The smallest absolute Gasteiger partial charge is 0.333 e. The Hall–Kier alpha value is -2.00. The summed E-state index contributed by atoms with van der Waals surface area (Å²) in [5.74, 6) is 0. The van der Waals surface area contributed by atoms with E-state index in [1.807, 2.05) is 38.1 Å². The summed E-state index contributed by atoms with van der Waals surface area (Å²) in [6.45, 7) is 3.56. The lowest BCUT2D eigenvalue weighted by atomic mass is 10.1. The molecule has 1 saturated heterocycles. The molecule has 6 nitrogen and oxygen atoms in total. The van der Waals surface area contributed by atoms with Gasteiger partial charge in [-0.25, -0.2) is 13.1 Å². The Morgan fingerprint density at radius 2 is 1.81 bits per heavy atom. The van der Waals surface area contributed by atoms with Crippen molar-refractivity contribution >= 4 is 15.7 Å². The van der Waals surface area contributed by atoms with Crippen LogP contribution < -0.4 is 4.90 Å². The Morgan fingerprint density at radius 1 is 1.15 bits per heavy atom. The summed E-state index contributed by atoms with van der Waals surface area (Å²) in [6.07, 6.45) is 1.01. The van der Waals surface area contributed by atoms with Gasteiger partial charge in [0.15, 0.2) is 0 Å². The van der Waals surface area contributed by atoms with Crippen molar-refractivity contribution in [2.24, 2.45) is 0 Å². The maximum atomic E-state index is 12.9. The minimum absolute atomic E-state index is 0.0355. The van der Waals surface area contributed by atoms with Gasteiger partial charge in [0.1, 0.15) is 4.90 Å². The first kappa shape index (κ1) is 18.8. The van der Waals surface area contributed by atoms with Crippen molar-refractivity contribution in [1.29, 1.82) is 0 Å². The van der Waals surface area contributed by atoms with Gasteiger partial charge in [0.2, 0.25) is 10.0 Å². The second kappa shape index (κ2) is 6.96. The molecule has 1 fully saturated rings. The number of sulfonamides is 1. The fraction of sp³-hybridized carbons (Fsp3) is 0.471. The van der Waals surface area contributed by atoms with Crippen LogP contribution in [0, 0.1) is 13.8 Å². The molecule has 0 amide bonds. The van der Waals surface area contributed by atoms with Crippen molar-refractivity contribution in [3.05, 3.63) is 41.7 Å². The number of alkyl halides is 2. The van der Waals surface area contributed by atoms with Crippen LogP contribution in [0.4, 0.5) is 14.5 Å². The van der Waals surface area contributed by atoms with Crippen LogP contribution in [0.3, 0.4) is 0 Å². The fourth-order valence-corrected chi connectivity index (χ4v) is 4.92. The SMILES string of the molecule is Cc1ccc(N2CCN(S(=O)(=O)c3cnn(C(F)F)c3C)C[C@H]2C)cc1. The highest BCUT2D eigenvalue weighted by Crippen LogP contribution is 2.27. The average molecular weight is 384 g/mol. The third-order valence-electron chi connectivity index (χ3n) is 4.76. The quantitative estimate of drug-likeness (QED) is 0.813. The maximum Gasteiger partial charge on any atom is 0.333 e. The minimum Gasteiger partial charge on any atom is -0.366 e. The molecule has 0 saturated carbocycles. The molecule has 2 aromatic rings. The first-order chi connectivity index (χ1) is 12.2. The molecule has 26 heavy (non-hydrogen) atoms. The van der Waals surface area contributed by atoms with Gasteiger partial charge in [0, 0.05) is 31.4 Å². The minimum atomic E-state index is -3.86. The summed E-state index contributed by atoms with van der Waals surface area (Å²) in [4.78, 5) is 2.00. The lowest BCUT2D eigenvalue weighted by molar-refractivity contribution is 0.0541. The standard InChI is InChI=1S/C17H22F2N4O2S/c1-12-4-6-15(7-5-12)22-9-8-21(11-13(22)2)26(24,25)16-10-20-23(14(16)3)17(18)19/h4-7,10,13,17H,8-9,11H2,1-3H3/t13-/m1/s1. The molecule has 1 atom stereocenters. The molecule has 0 spiro atoms. The third kappa shape index (κ3) is 3.33. The van der Waals surface area contributed by atoms with Gasteiger partial charge < -0.3 is 4.90 Å². The molecule has 0 aliphatic carbocycles. The fourth-order valence-electron chi connectivity index (χ4n) is 3.26. The van der Waals surface area contributed by atoms with Crippen LogP contribution in [0.5, 0.6) is 0 Å². The van der Waals surface area contributed by atoms with Gasteiger partial charge in [0.05, 0.1) is 11.9 Å². The second-order valence-electron chi connectivity index (χ2n) is 6.56. The van der Waals surface area contributed by atoms with Crippen LogP contribution >= 0.6 is 0 Å². The van der Waals surface area contributed by atoms with Gasteiger partial charge in [0.25, 0.3) is 0 Å². The predicted octanol–water partition coefficient (Wildman–Crippen LogP) is 2.79. The first-order valence-corrected chi connectivity index (χ1v) is 9.81.